The highest BCUT2D eigenvalue weighted by molar-refractivity contribution is 7.98. The standard InChI is InChI=1S/C10H14N6S/c1-2-16-9(6-11)14-15-10(16)17-7-8-12-4-3-5-13-8/h3-5H,2,6-7,11H2,1H3. The molecule has 0 radical (unpaired) electrons. The summed E-state index contributed by atoms with van der Waals surface area (Å²) in [5.74, 6) is 2.28. The first-order valence-electron chi connectivity index (χ1n) is 5.36. The van der Waals surface area contributed by atoms with Gasteiger partial charge in [-0.15, -0.1) is 10.2 Å². The normalized spacial score (nSPS) is 10.7. The molecule has 0 aliphatic heterocycles. The molecule has 0 saturated carbocycles. The Kier molecular flexibility index (Phi) is 4.05. The average Bonchev–Trinajstić information content (AvgIpc) is 2.79. The number of hydrogen-bond acceptors (Lipinski definition) is 6. The van der Waals surface area contributed by atoms with Crippen molar-refractivity contribution >= 4 is 11.8 Å². The molecule has 0 bridgehead atoms. The van der Waals surface area contributed by atoms with Crippen molar-refractivity contribution in [3.05, 3.63) is 30.1 Å². The molecule has 0 aliphatic rings. The molecule has 0 aromatic carbocycles. The van der Waals surface area contributed by atoms with Crippen molar-refractivity contribution in [3.63, 3.8) is 0 Å². The van der Waals surface area contributed by atoms with E-state index in [1.54, 1.807) is 30.2 Å². The molecule has 0 fully saturated rings. The molecule has 90 valence electrons. The first-order valence-corrected chi connectivity index (χ1v) is 6.34. The van der Waals surface area contributed by atoms with E-state index in [1.165, 1.54) is 0 Å². The molecule has 2 aromatic heterocycles. The van der Waals surface area contributed by atoms with Gasteiger partial charge in [-0.25, -0.2) is 9.97 Å². The highest BCUT2D eigenvalue weighted by Gasteiger charge is 2.10. The summed E-state index contributed by atoms with van der Waals surface area (Å²) in [7, 11) is 0. The topological polar surface area (TPSA) is 82.5 Å². The Balaban J connectivity index is 2.06. The maximum absolute atomic E-state index is 5.59. The van der Waals surface area contributed by atoms with Gasteiger partial charge in [0.1, 0.15) is 11.6 Å². The van der Waals surface area contributed by atoms with Crippen molar-refractivity contribution in [1.29, 1.82) is 0 Å². The third-order valence-electron chi connectivity index (χ3n) is 2.24. The van der Waals surface area contributed by atoms with Crippen LogP contribution in [-0.4, -0.2) is 24.7 Å². The molecule has 0 aliphatic carbocycles. The van der Waals surface area contributed by atoms with Crippen molar-refractivity contribution in [2.24, 2.45) is 5.73 Å². The second-order valence-corrected chi connectivity index (χ2v) is 4.24. The zero-order chi connectivity index (χ0) is 12.1. The van der Waals surface area contributed by atoms with Crippen LogP contribution in [0.25, 0.3) is 0 Å². The largest absolute Gasteiger partial charge is 0.324 e. The van der Waals surface area contributed by atoms with E-state index in [0.717, 1.165) is 23.4 Å². The molecule has 17 heavy (non-hydrogen) atoms. The van der Waals surface area contributed by atoms with E-state index < -0.39 is 0 Å². The van der Waals surface area contributed by atoms with Gasteiger partial charge < -0.3 is 10.3 Å². The number of nitrogens with two attached hydrogens (primary N) is 1. The number of rotatable bonds is 5. The number of aromatic nitrogens is 5. The summed E-state index contributed by atoms with van der Waals surface area (Å²) in [6, 6.07) is 1.80. The summed E-state index contributed by atoms with van der Waals surface area (Å²) >= 11 is 1.57. The van der Waals surface area contributed by atoms with E-state index in [-0.39, 0.29) is 0 Å². The SMILES string of the molecule is CCn1c(CN)nnc1SCc1ncccn1. The lowest BCUT2D eigenvalue weighted by molar-refractivity contribution is 0.642. The third-order valence-corrected chi connectivity index (χ3v) is 3.20. The molecule has 0 amide bonds. The van der Waals surface area contributed by atoms with Gasteiger partial charge in [-0.05, 0) is 13.0 Å². The molecule has 2 rings (SSSR count). The lowest BCUT2D eigenvalue weighted by atomic mass is 10.6. The summed E-state index contributed by atoms with van der Waals surface area (Å²) in [5.41, 5.74) is 5.59. The van der Waals surface area contributed by atoms with Gasteiger partial charge in [0.25, 0.3) is 0 Å². The van der Waals surface area contributed by atoms with Crippen molar-refractivity contribution < 1.29 is 0 Å². The van der Waals surface area contributed by atoms with Crippen LogP contribution in [0.2, 0.25) is 0 Å². The van der Waals surface area contributed by atoms with Crippen LogP contribution in [-0.2, 0) is 18.8 Å². The maximum atomic E-state index is 5.59. The molecule has 0 unspecified atom stereocenters. The third kappa shape index (κ3) is 2.80. The second-order valence-electron chi connectivity index (χ2n) is 3.30. The highest BCUT2D eigenvalue weighted by Crippen LogP contribution is 2.19. The minimum atomic E-state index is 0.406. The summed E-state index contributed by atoms with van der Waals surface area (Å²) < 4.78 is 2.01. The Morgan fingerprint density at radius 3 is 2.71 bits per heavy atom. The Hall–Kier alpha value is -1.47. The van der Waals surface area contributed by atoms with Crippen LogP contribution in [0.3, 0.4) is 0 Å². The molecule has 2 aromatic rings. The van der Waals surface area contributed by atoms with E-state index in [0.29, 0.717) is 12.3 Å². The molecular weight excluding hydrogens is 236 g/mol. The number of nitrogens with zero attached hydrogens (tertiary/aromatic N) is 5. The van der Waals surface area contributed by atoms with Gasteiger partial charge in [-0.1, -0.05) is 11.8 Å². The van der Waals surface area contributed by atoms with Crippen LogP contribution in [0.15, 0.2) is 23.6 Å². The van der Waals surface area contributed by atoms with Gasteiger partial charge in [-0.3, -0.25) is 0 Å². The van der Waals surface area contributed by atoms with Crippen LogP contribution in [0.4, 0.5) is 0 Å². The van der Waals surface area contributed by atoms with Crippen molar-refractivity contribution in [2.45, 2.75) is 30.9 Å². The van der Waals surface area contributed by atoms with Crippen molar-refractivity contribution in [3.8, 4) is 0 Å². The lowest BCUT2D eigenvalue weighted by Crippen LogP contribution is -2.08. The van der Waals surface area contributed by atoms with Crippen molar-refractivity contribution in [1.82, 2.24) is 24.7 Å². The monoisotopic (exact) mass is 250 g/mol. The van der Waals surface area contributed by atoms with Crippen LogP contribution in [0, 0.1) is 0 Å². The van der Waals surface area contributed by atoms with E-state index >= 15 is 0 Å². The minimum Gasteiger partial charge on any atom is -0.324 e. The summed E-state index contributed by atoms with van der Waals surface area (Å²) in [4.78, 5) is 8.32. The van der Waals surface area contributed by atoms with Gasteiger partial charge >= 0.3 is 0 Å². The van der Waals surface area contributed by atoms with Gasteiger partial charge in [0, 0.05) is 18.9 Å². The molecule has 0 spiro atoms. The first-order chi connectivity index (χ1) is 8.35. The fraction of sp³-hybridized carbons (Fsp3) is 0.400. The van der Waals surface area contributed by atoms with Gasteiger partial charge in [0.2, 0.25) is 0 Å². The fourth-order valence-electron chi connectivity index (χ4n) is 1.43. The predicted molar refractivity (Wildman–Crippen MR) is 65.2 cm³/mol. The van der Waals surface area contributed by atoms with Gasteiger partial charge in [-0.2, -0.15) is 0 Å². The van der Waals surface area contributed by atoms with E-state index in [1.807, 2.05) is 11.5 Å². The lowest BCUT2D eigenvalue weighted by Gasteiger charge is -2.04. The molecule has 2 heterocycles. The van der Waals surface area contributed by atoms with E-state index in [9.17, 15) is 0 Å². The maximum Gasteiger partial charge on any atom is 0.191 e. The Labute approximate surface area is 104 Å². The molecule has 6 nitrogen and oxygen atoms in total. The quantitative estimate of drug-likeness (QED) is 0.792. The summed E-state index contributed by atoms with van der Waals surface area (Å²) in [5, 5.41) is 9.02. The van der Waals surface area contributed by atoms with Crippen molar-refractivity contribution in [2.75, 3.05) is 0 Å². The van der Waals surface area contributed by atoms with Crippen LogP contribution < -0.4 is 5.73 Å². The molecule has 0 atom stereocenters. The number of hydrogen-bond donors (Lipinski definition) is 1. The summed E-state index contributed by atoms with van der Waals surface area (Å²) in [6.07, 6.45) is 3.47. The zero-order valence-electron chi connectivity index (χ0n) is 9.58. The van der Waals surface area contributed by atoms with Gasteiger partial charge in [0.15, 0.2) is 5.16 Å². The Morgan fingerprint density at radius 2 is 2.06 bits per heavy atom. The van der Waals surface area contributed by atoms with Crippen LogP contribution in [0.1, 0.15) is 18.6 Å². The molecule has 2 N–H and O–H groups in total. The number of thioether (sulfide) groups is 1. The smallest absolute Gasteiger partial charge is 0.191 e. The minimum absolute atomic E-state index is 0.406. The molecular formula is C10H14N6S. The highest BCUT2D eigenvalue weighted by atomic mass is 32.2. The van der Waals surface area contributed by atoms with E-state index in [4.69, 9.17) is 5.73 Å². The van der Waals surface area contributed by atoms with Crippen LogP contribution in [0.5, 0.6) is 0 Å². The first kappa shape index (κ1) is 12.0. The van der Waals surface area contributed by atoms with Gasteiger partial charge in [0.05, 0.1) is 12.3 Å². The zero-order valence-corrected chi connectivity index (χ0v) is 10.4. The fourth-order valence-corrected chi connectivity index (χ4v) is 2.32. The van der Waals surface area contributed by atoms with E-state index in [2.05, 4.69) is 20.2 Å². The average molecular weight is 250 g/mol. The Morgan fingerprint density at radius 1 is 1.29 bits per heavy atom. The summed E-state index contributed by atoms with van der Waals surface area (Å²) in [6.45, 7) is 3.27. The van der Waals surface area contributed by atoms with Crippen LogP contribution >= 0.6 is 11.8 Å². The predicted octanol–water partition coefficient (Wildman–Crippen LogP) is 0.839. The second kappa shape index (κ2) is 5.74. The Bertz CT molecular complexity index is 469. The molecule has 7 heteroatoms. The molecule has 0 saturated heterocycles.